The zero-order valence-corrected chi connectivity index (χ0v) is 14.7. The quantitative estimate of drug-likeness (QED) is 0.759. The molecule has 0 spiro atoms. The molecule has 0 unspecified atom stereocenters. The lowest BCUT2D eigenvalue weighted by Gasteiger charge is -2.19. The van der Waals surface area contributed by atoms with Gasteiger partial charge in [-0.3, -0.25) is 9.59 Å². The molecule has 1 aromatic carbocycles. The number of carbonyl (C=O) groups excluding carboxylic acids is 2. The summed E-state index contributed by atoms with van der Waals surface area (Å²) in [5, 5.41) is 5.85. The first kappa shape index (κ1) is 17.3. The first-order chi connectivity index (χ1) is 12.1. The third-order valence-electron chi connectivity index (χ3n) is 4.86. The van der Waals surface area contributed by atoms with Crippen molar-refractivity contribution < 1.29 is 14.0 Å². The topological polar surface area (TPSA) is 71.3 Å². The first-order valence-electron chi connectivity index (χ1n) is 8.83. The van der Waals surface area contributed by atoms with E-state index in [-0.39, 0.29) is 11.8 Å². The van der Waals surface area contributed by atoms with Gasteiger partial charge in [-0.15, -0.1) is 0 Å². The summed E-state index contributed by atoms with van der Waals surface area (Å²) in [4.78, 5) is 25.4. The normalized spacial score (nSPS) is 14.8. The molecule has 0 aliphatic heterocycles. The second-order valence-corrected chi connectivity index (χ2v) is 6.46. The Hall–Kier alpha value is -2.56. The smallest absolute Gasteiger partial charge is 0.240 e. The molecule has 2 amide bonds. The van der Waals surface area contributed by atoms with Gasteiger partial charge in [0.15, 0.2) is 0 Å². The van der Waals surface area contributed by atoms with E-state index in [1.807, 2.05) is 18.2 Å². The molecule has 0 radical (unpaired) electrons. The number of aryl methyl sites for hydroxylation is 2. The minimum absolute atomic E-state index is 0.208. The molecule has 132 valence electrons. The van der Waals surface area contributed by atoms with Gasteiger partial charge in [-0.1, -0.05) is 32.0 Å². The molecule has 1 aliphatic carbocycles. The van der Waals surface area contributed by atoms with Crippen LogP contribution in [0.3, 0.4) is 0 Å². The van der Waals surface area contributed by atoms with Gasteiger partial charge in [-0.2, -0.15) is 0 Å². The highest BCUT2D eigenvalue weighted by molar-refractivity contribution is 6.13. The number of amides is 2. The highest BCUT2D eigenvalue weighted by Gasteiger charge is 2.56. The fourth-order valence-corrected chi connectivity index (χ4v) is 3.07. The van der Waals surface area contributed by atoms with Crippen molar-refractivity contribution in [3.8, 4) is 0 Å². The van der Waals surface area contributed by atoms with E-state index in [4.69, 9.17) is 4.42 Å². The summed E-state index contributed by atoms with van der Waals surface area (Å²) in [6.07, 6.45) is 4.40. The lowest BCUT2D eigenvalue weighted by molar-refractivity contribution is -0.134. The third kappa shape index (κ3) is 3.45. The van der Waals surface area contributed by atoms with Crippen molar-refractivity contribution in [3.63, 3.8) is 0 Å². The van der Waals surface area contributed by atoms with Crippen LogP contribution in [0, 0.1) is 5.41 Å². The highest BCUT2D eigenvalue weighted by Crippen LogP contribution is 2.47. The van der Waals surface area contributed by atoms with Crippen LogP contribution < -0.4 is 10.6 Å². The van der Waals surface area contributed by atoms with Crippen molar-refractivity contribution in [1.29, 1.82) is 0 Å². The second kappa shape index (κ2) is 7.13. The summed E-state index contributed by atoms with van der Waals surface area (Å²) >= 11 is 0. The molecule has 1 fully saturated rings. The number of benzene rings is 1. The Morgan fingerprint density at radius 3 is 2.24 bits per heavy atom. The summed E-state index contributed by atoms with van der Waals surface area (Å²) in [6, 6.07) is 9.62. The van der Waals surface area contributed by atoms with Gasteiger partial charge in [0, 0.05) is 5.69 Å². The molecule has 25 heavy (non-hydrogen) atoms. The van der Waals surface area contributed by atoms with Crippen molar-refractivity contribution >= 4 is 17.5 Å². The molecular formula is C20H24N2O3. The standard InChI is InChI=1S/C20H24N2O3/c1-3-14-7-5-8-15(4-2)17(14)22-19(24)20(10-11-20)18(23)21-13-16-9-6-12-25-16/h5-9,12H,3-4,10-11,13H2,1-2H3,(H,21,23)(H,22,24). The molecule has 2 N–H and O–H groups in total. The highest BCUT2D eigenvalue weighted by atomic mass is 16.3. The summed E-state index contributed by atoms with van der Waals surface area (Å²) in [6.45, 7) is 4.42. The van der Waals surface area contributed by atoms with Crippen LogP contribution in [0.2, 0.25) is 0 Å². The van der Waals surface area contributed by atoms with Gasteiger partial charge < -0.3 is 15.1 Å². The minimum Gasteiger partial charge on any atom is -0.467 e. The monoisotopic (exact) mass is 340 g/mol. The fraction of sp³-hybridized carbons (Fsp3) is 0.400. The lowest BCUT2D eigenvalue weighted by Crippen LogP contribution is -2.39. The molecule has 1 saturated carbocycles. The van der Waals surface area contributed by atoms with Crippen LogP contribution in [-0.2, 0) is 29.0 Å². The van der Waals surface area contributed by atoms with Crippen LogP contribution in [-0.4, -0.2) is 11.8 Å². The van der Waals surface area contributed by atoms with Crippen molar-refractivity contribution in [2.45, 2.75) is 46.1 Å². The maximum absolute atomic E-state index is 12.8. The van der Waals surface area contributed by atoms with Crippen LogP contribution in [0.1, 0.15) is 43.6 Å². The van der Waals surface area contributed by atoms with Crippen LogP contribution in [0.5, 0.6) is 0 Å². The number of anilines is 1. The zero-order chi connectivity index (χ0) is 17.9. The average molecular weight is 340 g/mol. The van der Waals surface area contributed by atoms with E-state index < -0.39 is 5.41 Å². The van der Waals surface area contributed by atoms with Gasteiger partial charge in [0.1, 0.15) is 11.2 Å². The van der Waals surface area contributed by atoms with Crippen molar-refractivity contribution in [1.82, 2.24) is 5.32 Å². The van der Waals surface area contributed by atoms with E-state index in [0.717, 1.165) is 29.7 Å². The molecule has 5 heteroatoms. The summed E-state index contributed by atoms with van der Waals surface area (Å²) in [5.41, 5.74) is 2.11. The number of hydrogen-bond acceptors (Lipinski definition) is 3. The van der Waals surface area contributed by atoms with E-state index in [2.05, 4.69) is 24.5 Å². The van der Waals surface area contributed by atoms with E-state index in [1.165, 1.54) is 0 Å². The molecule has 0 saturated heterocycles. The third-order valence-corrected chi connectivity index (χ3v) is 4.86. The molecule has 3 rings (SSSR count). The Labute approximate surface area is 147 Å². The molecule has 2 aromatic rings. The van der Waals surface area contributed by atoms with Gasteiger partial charge >= 0.3 is 0 Å². The summed E-state index contributed by atoms with van der Waals surface area (Å²) in [5.74, 6) is 0.239. The largest absolute Gasteiger partial charge is 0.467 e. The van der Waals surface area contributed by atoms with Crippen LogP contribution >= 0.6 is 0 Å². The molecule has 5 nitrogen and oxygen atoms in total. The van der Waals surface area contributed by atoms with Gasteiger partial charge in [-0.05, 0) is 48.9 Å². The minimum atomic E-state index is -0.946. The van der Waals surface area contributed by atoms with Gasteiger partial charge in [0.25, 0.3) is 0 Å². The van der Waals surface area contributed by atoms with Gasteiger partial charge in [-0.25, -0.2) is 0 Å². The Kier molecular flexibility index (Phi) is 4.93. The maximum atomic E-state index is 12.8. The van der Waals surface area contributed by atoms with Crippen molar-refractivity contribution in [3.05, 3.63) is 53.5 Å². The Morgan fingerprint density at radius 2 is 1.72 bits per heavy atom. The number of furan rings is 1. The fourth-order valence-electron chi connectivity index (χ4n) is 3.07. The van der Waals surface area contributed by atoms with Crippen molar-refractivity contribution in [2.75, 3.05) is 5.32 Å². The Balaban J connectivity index is 1.71. The predicted molar refractivity (Wildman–Crippen MR) is 96.0 cm³/mol. The molecule has 1 heterocycles. The predicted octanol–water partition coefficient (Wildman–Crippen LogP) is 3.44. The number of carbonyl (C=O) groups is 2. The van der Waals surface area contributed by atoms with Crippen LogP contribution in [0.4, 0.5) is 5.69 Å². The maximum Gasteiger partial charge on any atom is 0.240 e. The number of hydrogen-bond donors (Lipinski definition) is 2. The van der Waals surface area contributed by atoms with Crippen LogP contribution in [0.25, 0.3) is 0 Å². The van der Waals surface area contributed by atoms with Gasteiger partial charge in [0.05, 0.1) is 12.8 Å². The van der Waals surface area contributed by atoms with E-state index >= 15 is 0 Å². The average Bonchev–Trinajstić information content (AvgIpc) is 3.29. The second-order valence-electron chi connectivity index (χ2n) is 6.46. The molecule has 0 bridgehead atoms. The Bertz CT molecular complexity index is 739. The van der Waals surface area contributed by atoms with Crippen molar-refractivity contribution in [2.24, 2.45) is 5.41 Å². The molecule has 1 aromatic heterocycles. The first-order valence-corrected chi connectivity index (χ1v) is 8.83. The number of rotatable bonds is 7. The molecule has 1 aliphatic rings. The molecular weight excluding hydrogens is 316 g/mol. The lowest BCUT2D eigenvalue weighted by atomic mass is 10.0. The SMILES string of the molecule is CCc1cccc(CC)c1NC(=O)C1(C(=O)NCc2ccco2)CC1. The molecule has 0 atom stereocenters. The van der Waals surface area contributed by atoms with Crippen LogP contribution in [0.15, 0.2) is 41.0 Å². The number of nitrogens with one attached hydrogen (secondary N) is 2. The van der Waals surface area contributed by atoms with E-state index in [1.54, 1.807) is 18.4 Å². The van der Waals surface area contributed by atoms with Gasteiger partial charge in [0.2, 0.25) is 11.8 Å². The number of para-hydroxylation sites is 1. The summed E-state index contributed by atoms with van der Waals surface area (Å²) < 4.78 is 5.22. The zero-order valence-electron chi connectivity index (χ0n) is 14.7. The van der Waals surface area contributed by atoms with E-state index in [9.17, 15) is 9.59 Å². The summed E-state index contributed by atoms with van der Waals surface area (Å²) in [7, 11) is 0. The Morgan fingerprint density at radius 1 is 1.04 bits per heavy atom. The van der Waals surface area contributed by atoms with E-state index in [0.29, 0.717) is 25.1 Å².